The summed E-state index contributed by atoms with van der Waals surface area (Å²) in [5.74, 6) is -0.215. The number of anilines is 1. The molecule has 0 saturated carbocycles. The molecule has 1 atom stereocenters. The van der Waals surface area contributed by atoms with Gasteiger partial charge in [0, 0.05) is 6.42 Å². The summed E-state index contributed by atoms with van der Waals surface area (Å²) in [6.45, 7) is 2.26. The van der Waals surface area contributed by atoms with E-state index in [1.54, 1.807) is 0 Å². The average molecular weight is 239 g/mol. The lowest BCUT2D eigenvalue weighted by Crippen LogP contribution is -2.37. The van der Waals surface area contributed by atoms with E-state index in [0.717, 1.165) is 0 Å². The van der Waals surface area contributed by atoms with Crippen molar-refractivity contribution in [1.82, 2.24) is 20.5 Å². The van der Waals surface area contributed by atoms with E-state index in [4.69, 9.17) is 4.74 Å². The van der Waals surface area contributed by atoms with Crippen LogP contribution in [0.3, 0.4) is 0 Å². The molecule has 1 aromatic rings. The van der Waals surface area contributed by atoms with Crippen LogP contribution >= 0.6 is 0 Å². The molecule has 0 spiro atoms. The molecule has 1 aromatic heterocycles. The van der Waals surface area contributed by atoms with Gasteiger partial charge in [0.1, 0.15) is 6.04 Å². The van der Waals surface area contributed by atoms with Crippen molar-refractivity contribution in [2.75, 3.05) is 11.9 Å². The molecule has 0 bridgehead atoms. The molecule has 1 fully saturated rings. The molecule has 0 radical (unpaired) electrons. The van der Waals surface area contributed by atoms with Gasteiger partial charge in [-0.15, -0.1) is 5.10 Å². The Morgan fingerprint density at radius 1 is 1.65 bits per heavy atom. The molecule has 0 aliphatic carbocycles. The van der Waals surface area contributed by atoms with Crippen molar-refractivity contribution in [2.24, 2.45) is 0 Å². The number of hydrogen-bond donors (Lipinski definition) is 3. The zero-order valence-corrected chi connectivity index (χ0v) is 9.32. The van der Waals surface area contributed by atoms with Gasteiger partial charge >= 0.3 is 6.01 Å². The van der Waals surface area contributed by atoms with E-state index in [1.807, 2.05) is 6.92 Å². The molecule has 8 nitrogen and oxygen atoms in total. The van der Waals surface area contributed by atoms with E-state index in [2.05, 4.69) is 25.8 Å². The SMILES string of the molecule is CCOc1n[nH]c(NC(=O)C2CCC(=O)N2)n1. The first kappa shape index (κ1) is 11.4. The van der Waals surface area contributed by atoms with Crippen molar-refractivity contribution in [1.29, 1.82) is 0 Å². The van der Waals surface area contributed by atoms with Gasteiger partial charge in [0.15, 0.2) is 0 Å². The van der Waals surface area contributed by atoms with E-state index >= 15 is 0 Å². The van der Waals surface area contributed by atoms with E-state index in [1.165, 1.54) is 0 Å². The van der Waals surface area contributed by atoms with E-state index in [9.17, 15) is 9.59 Å². The minimum absolute atomic E-state index is 0.113. The van der Waals surface area contributed by atoms with Crippen molar-refractivity contribution in [3.63, 3.8) is 0 Å². The molecule has 2 heterocycles. The van der Waals surface area contributed by atoms with Crippen molar-refractivity contribution in [2.45, 2.75) is 25.8 Å². The predicted octanol–water partition coefficient (Wildman–Crippen LogP) is -0.580. The molecule has 2 rings (SSSR count). The lowest BCUT2D eigenvalue weighted by molar-refractivity contribution is -0.122. The van der Waals surface area contributed by atoms with Gasteiger partial charge in [-0.3, -0.25) is 14.9 Å². The van der Waals surface area contributed by atoms with Crippen LogP contribution in [-0.2, 0) is 9.59 Å². The fourth-order valence-corrected chi connectivity index (χ4v) is 1.51. The third kappa shape index (κ3) is 2.71. The highest BCUT2D eigenvalue weighted by molar-refractivity contribution is 5.97. The number of nitrogens with one attached hydrogen (secondary N) is 3. The fraction of sp³-hybridized carbons (Fsp3) is 0.556. The van der Waals surface area contributed by atoms with Crippen LogP contribution in [0.1, 0.15) is 19.8 Å². The van der Waals surface area contributed by atoms with Crippen LogP contribution in [0.15, 0.2) is 0 Å². The van der Waals surface area contributed by atoms with Crippen LogP contribution in [0.2, 0.25) is 0 Å². The Morgan fingerprint density at radius 2 is 2.47 bits per heavy atom. The standard InChI is InChI=1S/C9H13N5O3/c1-2-17-9-12-8(13-14-9)11-7(16)5-3-4-6(15)10-5/h5H,2-4H2,1H3,(H,10,15)(H2,11,12,13,14,16). The maximum Gasteiger partial charge on any atom is 0.337 e. The largest absolute Gasteiger partial charge is 0.463 e. The summed E-state index contributed by atoms with van der Waals surface area (Å²) in [5, 5.41) is 11.3. The Kier molecular flexibility index (Phi) is 3.22. The molecule has 3 N–H and O–H groups in total. The Labute approximate surface area is 97.1 Å². The number of rotatable bonds is 4. The van der Waals surface area contributed by atoms with Gasteiger partial charge in [0.05, 0.1) is 6.61 Å². The Bertz CT molecular complexity index is 430. The third-order valence-corrected chi connectivity index (χ3v) is 2.29. The number of carbonyl (C=O) groups is 2. The Balaban J connectivity index is 1.91. The molecule has 92 valence electrons. The molecular formula is C9H13N5O3. The van der Waals surface area contributed by atoms with E-state index in [-0.39, 0.29) is 23.8 Å². The molecule has 0 aromatic carbocycles. The molecular weight excluding hydrogens is 226 g/mol. The second-order valence-electron chi connectivity index (χ2n) is 3.55. The molecule has 17 heavy (non-hydrogen) atoms. The lowest BCUT2D eigenvalue weighted by atomic mass is 10.2. The Morgan fingerprint density at radius 3 is 3.12 bits per heavy atom. The van der Waals surface area contributed by atoms with Crippen molar-refractivity contribution in [3.8, 4) is 6.01 Å². The van der Waals surface area contributed by atoms with Gasteiger partial charge in [-0.2, -0.15) is 4.98 Å². The number of amides is 2. The number of ether oxygens (including phenoxy) is 1. The maximum atomic E-state index is 11.7. The molecule has 1 aliphatic rings. The molecule has 1 unspecified atom stereocenters. The molecule has 1 aliphatic heterocycles. The van der Waals surface area contributed by atoms with E-state index < -0.39 is 6.04 Å². The summed E-state index contributed by atoms with van der Waals surface area (Å²) >= 11 is 0. The lowest BCUT2D eigenvalue weighted by Gasteiger charge is -2.07. The van der Waals surface area contributed by atoms with Crippen LogP contribution in [0.4, 0.5) is 5.95 Å². The van der Waals surface area contributed by atoms with Gasteiger partial charge in [0.2, 0.25) is 17.8 Å². The highest BCUT2D eigenvalue weighted by Crippen LogP contribution is 2.10. The van der Waals surface area contributed by atoms with Gasteiger partial charge in [-0.1, -0.05) is 0 Å². The zero-order chi connectivity index (χ0) is 12.3. The quantitative estimate of drug-likeness (QED) is 0.651. The number of carbonyl (C=O) groups excluding carboxylic acids is 2. The summed E-state index contributed by atoms with van der Waals surface area (Å²) in [6.07, 6.45) is 0.871. The van der Waals surface area contributed by atoms with Gasteiger partial charge < -0.3 is 10.1 Å². The highest BCUT2D eigenvalue weighted by atomic mass is 16.5. The van der Waals surface area contributed by atoms with Crippen molar-refractivity contribution < 1.29 is 14.3 Å². The molecule has 8 heteroatoms. The second kappa shape index (κ2) is 4.81. The summed E-state index contributed by atoms with van der Waals surface area (Å²) in [7, 11) is 0. The summed E-state index contributed by atoms with van der Waals surface area (Å²) in [6, 6.07) is -0.318. The Hall–Kier alpha value is -2.12. The summed E-state index contributed by atoms with van der Waals surface area (Å²) < 4.78 is 5.04. The average Bonchev–Trinajstić information content (AvgIpc) is 2.88. The first-order valence-corrected chi connectivity index (χ1v) is 5.34. The summed E-state index contributed by atoms with van der Waals surface area (Å²) in [5.41, 5.74) is 0. The monoisotopic (exact) mass is 239 g/mol. The number of hydrogen-bond acceptors (Lipinski definition) is 5. The van der Waals surface area contributed by atoms with Gasteiger partial charge in [-0.25, -0.2) is 5.10 Å². The smallest absolute Gasteiger partial charge is 0.337 e. The number of H-pyrrole nitrogens is 1. The first-order valence-electron chi connectivity index (χ1n) is 5.34. The first-order chi connectivity index (χ1) is 8.19. The minimum atomic E-state index is -0.497. The van der Waals surface area contributed by atoms with Gasteiger partial charge in [-0.05, 0) is 13.3 Å². The third-order valence-electron chi connectivity index (χ3n) is 2.29. The van der Waals surface area contributed by atoms with Crippen LogP contribution in [0, 0.1) is 0 Å². The highest BCUT2D eigenvalue weighted by Gasteiger charge is 2.27. The normalized spacial score (nSPS) is 18.9. The fourth-order valence-electron chi connectivity index (χ4n) is 1.51. The topological polar surface area (TPSA) is 109 Å². The van der Waals surface area contributed by atoms with Crippen LogP contribution in [0.5, 0.6) is 6.01 Å². The number of nitrogens with zero attached hydrogens (tertiary/aromatic N) is 2. The van der Waals surface area contributed by atoms with Crippen LogP contribution in [0.25, 0.3) is 0 Å². The second-order valence-corrected chi connectivity index (χ2v) is 3.55. The molecule has 1 saturated heterocycles. The number of aromatic nitrogens is 3. The molecule has 2 amide bonds. The van der Waals surface area contributed by atoms with Crippen molar-refractivity contribution >= 4 is 17.8 Å². The minimum Gasteiger partial charge on any atom is -0.463 e. The predicted molar refractivity (Wildman–Crippen MR) is 57.3 cm³/mol. The zero-order valence-electron chi connectivity index (χ0n) is 9.32. The van der Waals surface area contributed by atoms with Crippen LogP contribution < -0.4 is 15.4 Å². The maximum absolute atomic E-state index is 11.7. The van der Waals surface area contributed by atoms with Crippen molar-refractivity contribution in [3.05, 3.63) is 0 Å². The summed E-state index contributed by atoms with van der Waals surface area (Å²) in [4.78, 5) is 26.5. The number of aromatic amines is 1. The van der Waals surface area contributed by atoms with E-state index in [0.29, 0.717) is 19.4 Å². The van der Waals surface area contributed by atoms with Gasteiger partial charge in [0.25, 0.3) is 0 Å². The van der Waals surface area contributed by atoms with Crippen LogP contribution in [-0.4, -0.2) is 39.6 Å².